The Labute approximate surface area is 88.8 Å². The second kappa shape index (κ2) is 3.93. The van der Waals surface area contributed by atoms with Crippen LogP contribution in [0.2, 0.25) is 0 Å². The van der Waals surface area contributed by atoms with Crippen molar-refractivity contribution in [2.45, 2.75) is 6.92 Å². The van der Waals surface area contributed by atoms with Crippen LogP contribution in [0.1, 0.15) is 11.3 Å². The van der Waals surface area contributed by atoms with Gasteiger partial charge >= 0.3 is 0 Å². The van der Waals surface area contributed by atoms with E-state index >= 15 is 0 Å². The summed E-state index contributed by atoms with van der Waals surface area (Å²) in [7, 11) is 0. The fourth-order valence-corrected chi connectivity index (χ4v) is 1.41. The number of benzene rings is 1. The molecule has 0 N–H and O–H groups in total. The first kappa shape index (κ1) is 9.42. The number of aryl methyl sites for hydroxylation is 1. The third-order valence-corrected chi connectivity index (χ3v) is 2.27. The molecule has 0 bridgehead atoms. The van der Waals surface area contributed by atoms with Gasteiger partial charge < -0.3 is 0 Å². The summed E-state index contributed by atoms with van der Waals surface area (Å²) in [6.45, 7) is 1.89. The van der Waals surface area contributed by atoms with Gasteiger partial charge in [-0.05, 0) is 18.6 Å². The van der Waals surface area contributed by atoms with Crippen LogP contribution in [0, 0.1) is 18.3 Å². The summed E-state index contributed by atoms with van der Waals surface area (Å²) in [6, 6.07) is 15.8. The zero-order valence-corrected chi connectivity index (χ0v) is 8.44. The minimum absolute atomic E-state index is 0.497. The number of nitrogens with zero attached hydrogens (tertiary/aromatic N) is 2. The Morgan fingerprint density at radius 3 is 2.47 bits per heavy atom. The third-order valence-electron chi connectivity index (χ3n) is 2.27. The Morgan fingerprint density at radius 2 is 1.80 bits per heavy atom. The summed E-state index contributed by atoms with van der Waals surface area (Å²) >= 11 is 0. The Hall–Kier alpha value is -2.14. The Balaban J connectivity index is 2.52. The predicted octanol–water partition coefficient (Wildman–Crippen LogP) is 2.93. The van der Waals surface area contributed by atoms with E-state index in [0.29, 0.717) is 5.69 Å². The first-order valence-corrected chi connectivity index (χ1v) is 4.74. The highest BCUT2D eigenvalue weighted by Gasteiger charge is 2.02. The van der Waals surface area contributed by atoms with Gasteiger partial charge in [0.1, 0.15) is 11.8 Å². The quantitative estimate of drug-likeness (QED) is 0.699. The number of hydrogen-bond donors (Lipinski definition) is 0. The predicted molar refractivity (Wildman–Crippen MR) is 59.1 cm³/mol. The average Bonchev–Trinajstić information content (AvgIpc) is 2.31. The molecule has 0 aliphatic rings. The molecule has 2 heteroatoms. The highest BCUT2D eigenvalue weighted by atomic mass is 14.7. The molecule has 15 heavy (non-hydrogen) atoms. The van der Waals surface area contributed by atoms with E-state index in [2.05, 4.69) is 11.1 Å². The molecular weight excluding hydrogens is 184 g/mol. The van der Waals surface area contributed by atoms with E-state index in [1.807, 2.05) is 49.4 Å². The van der Waals surface area contributed by atoms with Crippen LogP contribution in [0.15, 0.2) is 42.5 Å². The first-order chi connectivity index (χ1) is 7.31. The maximum Gasteiger partial charge on any atom is 0.144 e. The second-order valence-electron chi connectivity index (χ2n) is 3.34. The van der Waals surface area contributed by atoms with Crippen LogP contribution >= 0.6 is 0 Å². The SMILES string of the molecule is Cc1ccc(-c2ccccc2)nc1C#N. The maximum atomic E-state index is 8.88. The summed E-state index contributed by atoms with van der Waals surface area (Å²) in [5.74, 6) is 0. The molecule has 0 saturated carbocycles. The largest absolute Gasteiger partial charge is 0.237 e. The van der Waals surface area contributed by atoms with Gasteiger partial charge in [-0.25, -0.2) is 4.98 Å². The molecule has 2 rings (SSSR count). The molecule has 0 radical (unpaired) electrons. The molecular formula is C13H10N2. The third kappa shape index (κ3) is 1.87. The molecule has 0 atom stereocenters. The summed E-state index contributed by atoms with van der Waals surface area (Å²) < 4.78 is 0. The first-order valence-electron chi connectivity index (χ1n) is 4.74. The Kier molecular flexibility index (Phi) is 2.47. The van der Waals surface area contributed by atoms with E-state index in [1.54, 1.807) is 0 Å². The van der Waals surface area contributed by atoms with Gasteiger partial charge in [-0.1, -0.05) is 36.4 Å². The Bertz CT molecular complexity index is 510. The lowest BCUT2D eigenvalue weighted by molar-refractivity contribution is 1.21. The molecule has 0 aliphatic heterocycles. The zero-order valence-electron chi connectivity index (χ0n) is 8.44. The van der Waals surface area contributed by atoms with Gasteiger partial charge in [0.2, 0.25) is 0 Å². The summed E-state index contributed by atoms with van der Waals surface area (Å²) in [5, 5.41) is 8.88. The van der Waals surface area contributed by atoms with E-state index < -0.39 is 0 Å². The molecule has 0 saturated heterocycles. The molecule has 2 aromatic rings. The van der Waals surface area contributed by atoms with Crippen LogP contribution in [0.4, 0.5) is 0 Å². The van der Waals surface area contributed by atoms with Crippen molar-refractivity contribution >= 4 is 0 Å². The van der Waals surface area contributed by atoms with E-state index in [0.717, 1.165) is 16.8 Å². The average molecular weight is 194 g/mol. The maximum absolute atomic E-state index is 8.88. The minimum Gasteiger partial charge on any atom is -0.237 e. The van der Waals surface area contributed by atoms with Crippen molar-refractivity contribution in [2.24, 2.45) is 0 Å². The lowest BCUT2D eigenvalue weighted by atomic mass is 10.1. The van der Waals surface area contributed by atoms with Gasteiger partial charge in [-0.2, -0.15) is 5.26 Å². The zero-order chi connectivity index (χ0) is 10.7. The molecule has 72 valence electrons. The fourth-order valence-electron chi connectivity index (χ4n) is 1.41. The number of nitriles is 1. The van der Waals surface area contributed by atoms with E-state index in [1.165, 1.54) is 0 Å². The lowest BCUT2D eigenvalue weighted by Crippen LogP contribution is -1.90. The molecule has 2 nitrogen and oxygen atoms in total. The van der Waals surface area contributed by atoms with E-state index in [-0.39, 0.29) is 0 Å². The summed E-state index contributed by atoms with van der Waals surface area (Å²) in [4.78, 5) is 4.30. The number of hydrogen-bond acceptors (Lipinski definition) is 2. The van der Waals surface area contributed by atoms with Crippen LogP contribution in [-0.2, 0) is 0 Å². The summed E-state index contributed by atoms with van der Waals surface area (Å²) in [6.07, 6.45) is 0. The smallest absolute Gasteiger partial charge is 0.144 e. The molecule has 1 heterocycles. The standard InChI is InChI=1S/C13H10N2/c1-10-7-8-12(15-13(10)9-14)11-5-3-2-4-6-11/h2-8H,1H3. The second-order valence-corrected chi connectivity index (χ2v) is 3.34. The molecule has 1 aromatic carbocycles. The van der Waals surface area contributed by atoms with E-state index in [4.69, 9.17) is 5.26 Å². The van der Waals surface area contributed by atoms with Gasteiger partial charge in [0.15, 0.2) is 0 Å². The molecule has 0 unspecified atom stereocenters. The van der Waals surface area contributed by atoms with Crippen LogP contribution < -0.4 is 0 Å². The molecule has 0 aliphatic carbocycles. The van der Waals surface area contributed by atoms with Crippen LogP contribution in [0.5, 0.6) is 0 Å². The molecule has 1 aromatic heterocycles. The number of aromatic nitrogens is 1. The number of pyridine rings is 1. The van der Waals surface area contributed by atoms with Gasteiger partial charge in [0, 0.05) is 5.56 Å². The monoisotopic (exact) mass is 194 g/mol. The normalized spacial score (nSPS) is 9.60. The topological polar surface area (TPSA) is 36.7 Å². The lowest BCUT2D eigenvalue weighted by Gasteiger charge is -2.02. The van der Waals surface area contributed by atoms with E-state index in [9.17, 15) is 0 Å². The van der Waals surface area contributed by atoms with Crippen molar-refractivity contribution in [2.75, 3.05) is 0 Å². The van der Waals surface area contributed by atoms with Gasteiger partial charge in [-0.15, -0.1) is 0 Å². The minimum atomic E-state index is 0.497. The summed E-state index contributed by atoms with van der Waals surface area (Å²) in [5.41, 5.74) is 3.29. The van der Waals surface area contributed by atoms with Gasteiger partial charge in [0.05, 0.1) is 5.69 Å². The highest BCUT2D eigenvalue weighted by molar-refractivity contribution is 5.60. The number of rotatable bonds is 1. The van der Waals surface area contributed by atoms with Crippen molar-refractivity contribution < 1.29 is 0 Å². The van der Waals surface area contributed by atoms with Gasteiger partial charge in [-0.3, -0.25) is 0 Å². The fraction of sp³-hybridized carbons (Fsp3) is 0.0769. The van der Waals surface area contributed by atoms with Crippen molar-refractivity contribution in [3.05, 3.63) is 53.7 Å². The van der Waals surface area contributed by atoms with Gasteiger partial charge in [0.25, 0.3) is 0 Å². The van der Waals surface area contributed by atoms with Crippen molar-refractivity contribution in [3.8, 4) is 17.3 Å². The Morgan fingerprint density at radius 1 is 1.07 bits per heavy atom. The molecule has 0 spiro atoms. The van der Waals surface area contributed by atoms with Crippen LogP contribution in [-0.4, -0.2) is 4.98 Å². The van der Waals surface area contributed by atoms with Crippen molar-refractivity contribution in [1.82, 2.24) is 4.98 Å². The van der Waals surface area contributed by atoms with Crippen molar-refractivity contribution in [3.63, 3.8) is 0 Å². The van der Waals surface area contributed by atoms with Crippen LogP contribution in [0.3, 0.4) is 0 Å². The highest BCUT2D eigenvalue weighted by Crippen LogP contribution is 2.17. The van der Waals surface area contributed by atoms with Crippen molar-refractivity contribution in [1.29, 1.82) is 5.26 Å². The molecule has 0 amide bonds. The van der Waals surface area contributed by atoms with Crippen LogP contribution in [0.25, 0.3) is 11.3 Å². The molecule has 0 fully saturated rings.